The van der Waals surface area contributed by atoms with Gasteiger partial charge in [0.1, 0.15) is 0 Å². The molecule has 0 spiro atoms. The fraction of sp³-hybridized carbons (Fsp3) is 0.500. The van der Waals surface area contributed by atoms with E-state index in [0.717, 1.165) is 4.47 Å². The lowest BCUT2D eigenvalue weighted by Crippen LogP contribution is -2.37. The van der Waals surface area contributed by atoms with Crippen molar-refractivity contribution in [2.24, 2.45) is 11.3 Å². The van der Waals surface area contributed by atoms with E-state index >= 15 is 0 Å². The van der Waals surface area contributed by atoms with Crippen LogP contribution in [0.4, 0.5) is 0 Å². The van der Waals surface area contributed by atoms with Crippen LogP contribution < -0.4 is 11.3 Å². The second-order valence-corrected chi connectivity index (χ2v) is 5.74. The summed E-state index contributed by atoms with van der Waals surface area (Å²) in [5.74, 6) is 5.64. The monoisotopic (exact) mass is 270 g/mol. The second-order valence-electron chi connectivity index (χ2n) is 4.94. The van der Waals surface area contributed by atoms with E-state index in [1.165, 1.54) is 11.1 Å². The first-order valence-electron chi connectivity index (χ1n) is 5.09. The molecule has 84 valence electrons. The third kappa shape index (κ3) is 2.80. The van der Waals surface area contributed by atoms with Gasteiger partial charge in [0.2, 0.25) is 0 Å². The maximum Gasteiger partial charge on any atom is 0.0519 e. The van der Waals surface area contributed by atoms with Gasteiger partial charge in [0.25, 0.3) is 0 Å². The lowest BCUT2D eigenvalue weighted by molar-refractivity contribution is 0.274. The molecule has 15 heavy (non-hydrogen) atoms. The van der Waals surface area contributed by atoms with Gasteiger partial charge in [-0.25, -0.2) is 0 Å². The van der Waals surface area contributed by atoms with E-state index in [2.05, 4.69) is 67.2 Å². The first-order valence-corrected chi connectivity index (χ1v) is 5.88. The van der Waals surface area contributed by atoms with Crippen LogP contribution in [0.25, 0.3) is 0 Å². The number of halogens is 1. The third-order valence-electron chi connectivity index (χ3n) is 2.57. The van der Waals surface area contributed by atoms with E-state index < -0.39 is 0 Å². The summed E-state index contributed by atoms with van der Waals surface area (Å²) in [6.07, 6.45) is 0. The zero-order valence-electron chi connectivity index (χ0n) is 9.76. The molecule has 0 saturated carbocycles. The van der Waals surface area contributed by atoms with Gasteiger partial charge in [-0.1, -0.05) is 54.9 Å². The Balaban J connectivity index is 3.19. The van der Waals surface area contributed by atoms with Gasteiger partial charge >= 0.3 is 0 Å². The minimum Gasteiger partial charge on any atom is -0.271 e. The summed E-state index contributed by atoms with van der Waals surface area (Å²) in [4.78, 5) is 0. The summed E-state index contributed by atoms with van der Waals surface area (Å²) in [6, 6.07) is 6.40. The van der Waals surface area contributed by atoms with Gasteiger partial charge in [0.15, 0.2) is 0 Å². The van der Waals surface area contributed by atoms with Crippen molar-refractivity contribution in [3.63, 3.8) is 0 Å². The molecule has 1 atom stereocenters. The topological polar surface area (TPSA) is 38.0 Å². The fourth-order valence-corrected chi connectivity index (χ4v) is 2.19. The van der Waals surface area contributed by atoms with Gasteiger partial charge in [0, 0.05) is 4.47 Å². The highest BCUT2D eigenvalue weighted by molar-refractivity contribution is 9.10. The van der Waals surface area contributed by atoms with Crippen LogP contribution in [0.1, 0.15) is 37.9 Å². The van der Waals surface area contributed by atoms with Gasteiger partial charge in [-0.2, -0.15) is 0 Å². The number of aryl methyl sites for hydroxylation is 1. The maximum absolute atomic E-state index is 5.64. The standard InChI is InChI=1S/C12H19BrN2/c1-8-6-5-7-9(10(8)13)11(15-14)12(2,3)4/h5-7,11,15H,14H2,1-4H3. The van der Waals surface area contributed by atoms with Crippen molar-refractivity contribution in [1.82, 2.24) is 5.43 Å². The van der Waals surface area contributed by atoms with Crippen LogP contribution in [0.3, 0.4) is 0 Å². The van der Waals surface area contributed by atoms with Crippen LogP contribution in [-0.4, -0.2) is 0 Å². The third-order valence-corrected chi connectivity index (χ3v) is 3.65. The second kappa shape index (κ2) is 4.64. The predicted octanol–water partition coefficient (Wildman–Crippen LogP) is 3.31. The Hall–Kier alpha value is -0.380. The van der Waals surface area contributed by atoms with Crippen LogP contribution in [0.5, 0.6) is 0 Å². The average molecular weight is 271 g/mol. The van der Waals surface area contributed by atoms with E-state index in [1.54, 1.807) is 0 Å². The SMILES string of the molecule is Cc1cccc(C(NN)C(C)(C)C)c1Br. The molecule has 0 amide bonds. The lowest BCUT2D eigenvalue weighted by atomic mass is 9.82. The molecule has 2 nitrogen and oxygen atoms in total. The zero-order valence-corrected chi connectivity index (χ0v) is 11.4. The Bertz CT molecular complexity index is 342. The quantitative estimate of drug-likeness (QED) is 0.639. The van der Waals surface area contributed by atoms with E-state index in [4.69, 9.17) is 5.84 Å². The summed E-state index contributed by atoms with van der Waals surface area (Å²) in [7, 11) is 0. The Kier molecular flexibility index (Phi) is 3.93. The normalized spacial score (nSPS) is 14.0. The first-order chi connectivity index (χ1) is 6.88. The van der Waals surface area contributed by atoms with Crippen LogP contribution in [0, 0.1) is 12.3 Å². The first kappa shape index (κ1) is 12.7. The van der Waals surface area contributed by atoms with E-state index in [0.29, 0.717) is 0 Å². The number of benzene rings is 1. The molecular formula is C12H19BrN2. The van der Waals surface area contributed by atoms with Crippen LogP contribution >= 0.6 is 15.9 Å². The highest BCUT2D eigenvalue weighted by atomic mass is 79.9. The molecule has 1 rings (SSSR count). The van der Waals surface area contributed by atoms with Crippen molar-refractivity contribution in [3.8, 4) is 0 Å². The summed E-state index contributed by atoms with van der Waals surface area (Å²) in [5.41, 5.74) is 5.43. The Labute approximate surface area is 100 Å². The molecule has 1 unspecified atom stereocenters. The lowest BCUT2D eigenvalue weighted by Gasteiger charge is -2.31. The average Bonchev–Trinajstić information content (AvgIpc) is 2.11. The number of nitrogens with one attached hydrogen (secondary N) is 1. The fourth-order valence-electron chi connectivity index (χ4n) is 1.70. The molecule has 0 saturated heterocycles. The molecule has 1 aromatic rings. The molecule has 0 fully saturated rings. The van der Waals surface area contributed by atoms with E-state index in [-0.39, 0.29) is 11.5 Å². The van der Waals surface area contributed by atoms with Gasteiger partial charge in [0.05, 0.1) is 6.04 Å². The zero-order chi connectivity index (χ0) is 11.6. The maximum atomic E-state index is 5.64. The summed E-state index contributed by atoms with van der Waals surface area (Å²) < 4.78 is 1.14. The predicted molar refractivity (Wildman–Crippen MR) is 68.4 cm³/mol. The molecule has 0 aliphatic carbocycles. The van der Waals surface area contributed by atoms with Crippen molar-refractivity contribution in [2.45, 2.75) is 33.7 Å². The van der Waals surface area contributed by atoms with Gasteiger partial charge < -0.3 is 0 Å². The summed E-state index contributed by atoms with van der Waals surface area (Å²) in [6.45, 7) is 8.61. The van der Waals surface area contributed by atoms with E-state index in [9.17, 15) is 0 Å². The highest BCUT2D eigenvalue weighted by Crippen LogP contribution is 2.36. The van der Waals surface area contributed by atoms with Crippen LogP contribution in [0.2, 0.25) is 0 Å². The molecule has 3 N–H and O–H groups in total. The molecule has 0 radical (unpaired) electrons. The van der Waals surface area contributed by atoms with Crippen molar-refractivity contribution in [2.75, 3.05) is 0 Å². The summed E-state index contributed by atoms with van der Waals surface area (Å²) in [5, 5.41) is 0. The number of hydrogen-bond donors (Lipinski definition) is 2. The molecule has 1 aromatic carbocycles. The van der Waals surface area contributed by atoms with Crippen LogP contribution in [0.15, 0.2) is 22.7 Å². The number of hydrogen-bond acceptors (Lipinski definition) is 2. The largest absolute Gasteiger partial charge is 0.271 e. The van der Waals surface area contributed by atoms with Crippen molar-refractivity contribution >= 4 is 15.9 Å². The summed E-state index contributed by atoms with van der Waals surface area (Å²) >= 11 is 3.62. The molecule has 0 aliphatic heterocycles. The highest BCUT2D eigenvalue weighted by Gasteiger charge is 2.26. The van der Waals surface area contributed by atoms with Gasteiger partial charge in [-0.05, 0) is 23.5 Å². The van der Waals surface area contributed by atoms with E-state index in [1.807, 2.05) is 0 Å². The van der Waals surface area contributed by atoms with Crippen molar-refractivity contribution in [1.29, 1.82) is 0 Å². The molecule has 0 aliphatic rings. The molecule has 0 aromatic heterocycles. The number of hydrazine groups is 1. The number of nitrogens with two attached hydrogens (primary N) is 1. The van der Waals surface area contributed by atoms with Crippen molar-refractivity contribution < 1.29 is 0 Å². The molecule has 3 heteroatoms. The molecular weight excluding hydrogens is 252 g/mol. The molecule has 0 bridgehead atoms. The smallest absolute Gasteiger partial charge is 0.0519 e. The minimum atomic E-state index is 0.0884. The minimum absolute atomic E-state index is 0.0884. The number of rotatable bonds is 2. The van der Waals surface area contributed by atoms with Gasteiger partial charge in [-0.3, -0.25) is 11.3 Å². The van der Waals surface area contributed by atoms with Crippen molar-refractivity contribution in [3.05, 3.63) is 33.8 Å². The Morgan fingerprint density at radius 3 is 2.40 bits per heavy atom. The van der Waals surface area contributed by atoms with Gasteiger partial charge in [-0.15, -0.1) is 0 Å². The Morgan fingerprint density at radius 2 is 1.93 bits per heavy atom. The Morgan fingerprint density at radius 1 is 1.33 bits per heavy atom. The molecule has 0 heterocycles. The van der Waals surface area contributed by atoms with Crippen LogP contribution in [-0.2, 0) is 0 Å².